The van der Waals surface area contributed by atoms with Crippen LogP contribution in [0.3, 0.4) is 0 Å². The van der Waals surface area contributed by atoms with Crippen LogP contribution in [0, 0.1) is 0 Å². The highest BCUT2D eigenvalue weighted by molar-refractivity contribution is 7.90. The van der Waals surface area contributed by atoms with E-state index in [1.54, 1.807) is 24.3 Å². The third-order valence-corrected chi connectivity index (χ3v) is 6.34. The van der Waals surface area contributed by atoms with Crippen molar-refractivity contribution in [1.82, 2.24) is 15.3 Å². The number of hydrogen-bond acceptors (Lipinski definition) is 6. The van der Waals surface area contributed by atoms with E-state index in [0.717, 1.165) is 30.2 Å². The predicted octanol–water partition coefficient (Wildman–Crippen LogP) is 1.70. The molecule has 8 heteroatoms. The first kappa shape index (κ1) is 18.9. The van der Waals surface area contributed by atoms with Gasteiger partial charge in [0.1, 0.15) is 0 Å². The zero-order valence-corrected chi connectivity index (χ0v) is 16.7. The van der Waals surface area contributed by atoms with E-state index in [0.29, 0.717) is 12.5 Å². The zero-order chi connectivity index (χ0) is 19.7. The topological polar surface area (TPSA) is 92.3 Å². The van der Waals surface area contributed by atoms with E-state index in [9.17, 15) is 13.2 Å². The van der Waals surface area contributed by atoms with E-state index in [1.165, 1.54) is 19.1 Å². The normalized spacial score (nSPS) is 19.6. The fourth-order valence-electron chi connectivity index (χ4n) is 3.50. The summed E-state index contributed by atoms with van der Waals surface area (Å²) in [5, 5.41) is 3.07. The summed E-state index contributed by atoms with van der Waals surface area (Å²) < 4.78 is 23.0. The van der Waals surface area contributed by atoms with E-state index in [4.69, 9.17) is 0 Å². The van der Waals surface area contributed by atoms with Crippen LogP contribution in [-0.4, -0.2) is 49.7 Å². The number of sulfone groups is 1. The first-order valence-electron chi connectivity index (χ1n) is 9.55. The van der Waals surface area contributed by atoms with E-state index in [2.05, 4.69) is 20.2 Å². The minimum absolute atomic E-state index is 0.0633. The van der Waals surface area contributed by atoms with Crippen molar-refractivity contribution in [2.24, 2.45) is 0 Å². The lowest BCUT2D eigenvalue weighted by Crippen LogP contribution is -2.38. The summed E-state index contributed by atoms with van der Waals surface area (Å²) >= 11 is 0. The fourth-order valence-corrected chi connectivity index (χ4v) is 4.13. The van der Waals surface area contributed by atoms with Crippen molar-refractivity contribution in [2.75, 3.05) is 24.2 Å². The molecule has 148 valence electrons. The third kappa shape index (κ3) is 4.49. The number of nitrogens with zero attached hydrogens (tertiary/aromatic N) is 3. The Balaban J connectivity index is 1.31. The molecule has 0 radical (unpaired) electrons. The first-order chi connectivity index (χ1) is 13.4. The lowest BCUT2D eigenvalue weighted by molar-refractivity contribution is -0.121. The first-order valence-corrected chi connectivity index (χ1v) is 11.4. The molecule has 1 aromatic heterocycles. The molecule has 1 unspecified atom stereocenters. The Labute approximate surface area is 165 Å². The fraction of sp³-hybridized carbons (Fsp3) is 0.450. The van der Waals surface area contributed by atoms with Crippen LogP contribution in [0.15, 0.2) is 41.4 Å². The second-order valence-corrected chi connectivity index (χ2v) is 9.66. The van der Waals surface area contributed by atoms with Gasteiger partial charge in [0.25, 0.3) is 0 Å². The van der Waals surface area contributed by atoms with Gasteiger partial charge in [-0.25, -0.2) is 18.4 Å². The number of rotatable bonds is 6. The van der Waals surface area contributed by atoms with Crippen molar-refractivity contribution in [3.8, 4) is 0 Å². The molecule has 1 saturated heterocycles. The molecule has 1 aliphatic heterocycles. The molecule has 1 amide bonds. The number of hydrogen-bond donors (Lipinski definition) is 1. The number of nitrogens with one attached hydrogen (secondary N) is 1. The van der Waals surface area contributed by atoms with Gasteiger partial charge in [0.05, 0.1) is 11.3 Å². The lowest BCUT2D eigenvalue weighted by atomic mass is 10.1. The van der Waals surface area contributed by atoms with Gasteiger partial charge < -0.3 is 10.2 Å². The molecule has 0 spiro atoms. The van der Waals surface area contributed by atoms with Crippen molar-refractivity contribution in [1.29, 1.82) is 0 Å². The minimum atomic E-state index is -3.22. The Morgan fingerprint density at radius 3 is 2.61 bits per heavy atom. The van der Waals surface area contributed by atoms with Gasteiger partial charge in [0.2, 0.25) is 11.9 Å². The molecule has 0 bridgehead atoms. The molecule has 1 saturated carbocycles. The van der Waals surface area contributed by atoms with Crippen molar-refractivity contribution >= 4 is 21.7 Å². The van der Waals surface area contributed by atoms with Crippen LogP contribution >= 0.6 is 0 Å². The van der Waals surface area contributed by atoms with Crippen LogP contribution in [0.4, 0.5) is 5.95 Å². The SMILES string of the molecule is CS(=O)(=O)c1ccc(CC(=O)NC2CCN(c3nccc(C4CC4)n3)C2)cc1. The number of carbonyl (C=O) groups excluding carboxylic acids is 1. The summed E-state index contributed by atoms with van der Waals surface area (Å²) in [4.78, 5) is 23.8. The standard InChI is InChI=1S/C20H24N4O3S/c1-28(26,27)17-6-2-14(3-7-17)12-19(25)22-16-9-11-24(13-16)20-21-10-8-18(23-20)15-4-5-15/h2-3,6-8,10,15-16H,4-5,9,11-13H2,1H3,(H,22,25). The van der Waals surface area contributed by atoms with Crippen molar-refractivity contribution in [2.45, 2.75) is 42.5 Å². The number of aromatic nitrogens is 2. The molecule has 2 aromatic rings. The average molecular weight is 401 g/mol. The van der Waals surface area contributed by atoms with Gasteiger partial charge in [-0.1, -0.05) is 12.1 Å². The van der Waals surface area contributed by atoms with Crippen LogP contribution in [-0.2, 0) is 21.1 Å². The molecule has 2 fully saturated rings. The molecule has 2 heterocycles. The van der Waals surface area contributed by atoms with E-state index in [1.807, 2.05) is 12.3 Å². The van der Waals surface area contributed by atoms with Crippen LogP contribution < -0.4 is 10.2 Å². The summed E-state index contributed by atoms with van der Waals surface area (Å²) in [6.07, 6.45) is 6.50. The van der Waals surface area contributed by atoms with E-state index >= 15 is 0 Å². The maximum Gasteiger partial charge on any atom is 0.225 e. The molecule has 7 nitrogen and oxygen atoms in total. The molecule has 1 aliphatic carbocycles. The zero-order valence-electron chi connectivity index (χ0n) is 15.8. The van der Waals surface area contributed by atoms with Gasteiger partial charge >= 0.3 is 0 Å². The highest BCUT2D eigenvalue weighted by Gasteiger charge is 2.28. The molecule has 4 rings (SSSR count). The molecule has 1 N–H and O–H groups in total. The maximum absolute atomic E-state index is 12.4. The summed E-state index contributed by atoms with van der Waals surface area (Å²) in [5.74, 6) is 1.28. The van der Waals surface area contributed by atoms with Crippen molar-refractivity contribution in [3.63, 3.8) is 0 Å². The summed E-state index contributed by atoms with van der Waals surface area (Å²) in [7, 11) is -3.22. The van der Waals surface area contributed by atoms with Crippen LogP contribution in [0.1, 0.15) is 36.4 Å². The van der Waals surface area contributed by atoms with Crippen molar-refractivity contribution < 1.29 is 13.2 Å². The molecule has 1 aromatic carbocycles. The summed E-state index contributed by atoms with van der Waals surface area (Å²) in [6, 6.07) is 8.52. The van der Waals surface area contributed by atoms with E-state index in [-0.39, 0.29) is 23.3 Å². The van der Waals surface area contributed by atoms with Gasteiger partial charge in [0.15, 0.2) is 9.84 Å². The van der Waals surface area contributed by atoms with E-state index < -0.39 is 9.84 Å². The molecular weight excluding hydrogens is 376 g/mol. The Morgan fingerprint density at radius 1 is 1.18 bits per heavy atom. The molecule has 28 heavy (non-hydrogen) atoms. The average Bonchev–Trinajstić information content (AvgIpc) is 3.41. The number of anilines is 1. The number of benzene rings is 1. The minimum Gasteiger partial charge on any atom is -0.351 e. The second kappa shape index (κ2) is 7.50. The van der Waals surface area contributed by atoms with Crippen molar-refractivity contribution in [3.05, 3.63) is 47.8 Å². The molecule has 2 aliphatic rings. The summed E-state index contributed by atoms with van der Waals surface area (Å²) in [6.45, 7) is 1.52. The summed E-state index contributed by atoms with van der Waals surface area (Å²) in [5.41, 5.74) is 1.91. The van der Waals surface area contributed by atoms with Crippen LogP contribution in [0.2, 0.25) is 0 Å². The maximum atomic E-state index is 12.4. The van der Waals surface area contributed by atoms with Crippen LogP contribution in [0.25, 0.3) is 0 Å². The third-order valence-electron chi connectivity index (χ3n) is 5.21. The highest BCUT2D eigenvalue weighted by Crippen LogP contribution is 2.39. The Hall–Kier alpha value is -2.48. The van der Waals surface area contributed by atoms with Crippen LogP contribution in [0.5, 0.6) is 0 Å². The van der Waals surface area contributed by atoms with Gasteiger partial charge in [-0.2, -0.15) is 0 Å². The van der Waals surface area contributed by atoms with Gasteiger partial charge in [-0.3, -0.25) is 4.79 Å². The molecular formula is C20H24N4O3S. The number of amides is 1. The van der Waals surface area contributed by atoms with Gasteiger partial charge in [0, 0.05) is 43.2 Å². The second-order valence-electron chi connectivity index (χ2n) is 7.65. The Bertz CT molecular complexity index is 971. The largest absolute Gasteiger partial charge is 0.351 e. The quantitative estimate of drug-likeness (QED) is 0.793. The number of carbonyl (C=O) groups is 1. The monoisotopic (exact) mass is 400 g/mol. The Kier molecular flexibility index (Phi) is 5.05. The Morgan fingerprint density at radius 2 is 1.93 bits per heavy atom. The lowest BCUT2D eigenvalue weighted by Gasteiger charge is -2.17. The molecule has 1 atom stereocenters. The van der Waals surface area contributed by atoms with Gasteiger partial charge in [-0.15, -0.1) is 0 Å². The van der Waals surface area contributed by atoms with Gasteiger partial charge in [-0.05, 0) is 43.0 Å². The predicted molar refractivity (Wildman–Crippen MR) is 106 cm³/mol. The highest BCUT2D eigenvalue weighted by atomic mass is 32.2. The smallest absolute Gasteiger partial charge is 0.225 e.